The zero-order valence-corrected chi connectivity index (χ0v) is 8.72. The number of hydrogen-bond acceptors (Lipinski definition) is 1. The summed E-state index contributed by atoms with van der Waals surface area (Å²) < 4.78 is 0. The molecule has 2 heteroatoms. The summed E-state index contributed by atoms with van der Waals surface area (Å²) in [5.41, 5.74) is 0.212. The summed E-state index contributed by atoms with van der Waals surface area (Å²) in [6.45, 7) is 10.3. The van der Waals surface area contributed by atoms with Gasteiger partial charge >= 0.3 is 5.97 Å². The van der Waals surface area contributed by atoms with E-state index in [4.69, 9.17) is 5.11 Å². The molecule has 1 N–H and O–H groups in total. The number of carboxylic acids is 1. The van der Waals surface area contributed by atoms with Crippen LogP contribution in [0.25, 0.3) is 0 Å². The van der Waals surface area contributed by atoms with Crippen LogP contribution in [0.3, 0.4) is 0 Å². The Morgan fingerprint density at radius 3 is 2.00 bits per heavy atom. The smallest absolute Gasteiger partial charge is 0.306 e. The van der Waals surface area contributed by atoms with Gasteiger partial charge in [0, 0.05) is 0 Å². The van der Waals surface area contributed by atoms with Crippen molar-refractivity contribution in [3.05, 3.63) is 0 Å². The molecule has 0 aromatic heterocycles. The molecule has 0 aliphatic carbocycles. The van der Waals surface area contributed by atoms with Crippen LogP contribution < -0.4 is 0 Å². The molecule has 0 radical (unpaired) electrons. The van der Waals surface area contributed by atoms with Crippen molar-refractivity contribution < 1.29 is 9.90 Å². The molecule has 0 spiro atoms. The molecule has 0 amide bonds. The lowest BCUT2D eigenvalue weighted by molar-refractivity contribution is -0.141. The van der Waals surface area contributed by atoms with E-state index >= 15 is 0 Å². The largest absolute Gasteiger partial charge is 0.481 e. The molecule has 0 bridgehead atoms. The molecule has 0 rings (SSSR count). The summed E-state index contributed by atoms with van der Waals surface area (Å²) >= 11 is 0. The molecule has 12 heavy (non-hydrogen) atoms. The summed E-state index contributed by atoms with van der Waals surface area (Å²) in [7, 11) is 0. The van der Waals surface area contributed by atoms with Crippen molar-refractivity contribution in [1.82, 2.24) is 0 Å². The van der Waals surface area contributed by atoms with E-state index in [9.17, 15) is 4.79 Å². The highest BCUT2D eigenvalue weighted by Crippen LogP contribution is 2.30. The van der Waals surface area contributed by atoms with Crippen molar-refractivity contribution in [3.8, 4) is 0 Å². The summed E-state index contributed by atoms with van der Waals surface area (Å²) in [4.78, 5) is 10.6. The third-order valence-corrected chi connectivity index (χ3v) is 2.61. The highest BCUT2D eigenvalue weighted by molar-refractivity contribution is 5.69. The lowest BCUT2D eigenvalue weighted by Crippen LogP contribution is -2.22. The molecule has 2 nitrogen and oxygen atoms in total. The second-order valence-corrected chi connectivity index (χ2v) is 4.74. The molecular weight excluding hydrogens is 152 g/mol. The number of rotatable bonds is 3. The van der Waals surface area contributed by atoms with Crippen LogP contribution in [0.4, 0.5) is 0 Å². The van der Waals surface area contributed by atoms with Gasteiger partial charge in [-0.2, -0.15) is 0 Å². The van der Waals surface area contributed by atoms with Crippen LogP contribution in [0.15, 0.2) is 0 Å². The monoisotopic (exact) mass is 172 g/mol. The van der Waals surface area contributed by atoms with Gasteiger partial charge in [0.05, 0.1) is 5.92 Å². The lowest BCUT2D eigenvalue weighted by atomic mass is 9.77. The van der Waals surface area contributed by atoms with Crippen LogP contribution in [0, 0.1) is 17.3 Å². The molecule has 0 fully saturated rings. The van der Waals surface area contributed by atoms with Crippen LogP contribution in [0.1, 0.15) is 41.0 Å². The normalized spacial score (nSPS) is 17.1. The highest BCUT2D eigenvalue weighted by atomic mass is 16.4. The molecule has 0 aliphatic rings. The minimum Gasteiger partial charge on any atom is -0.481 e. The molecule has 0 saturated heterocycles. The average molecular weight is 172 g/mol. The highest BCUT2D eigenvalue weighted by Gasteiger charge is 2.24. The first kappa shape index (κ1) is 11.5. The molecule has 0 unspecified atom stereocenters. The van der Waals surface area contributed by atoms with Gasteiger partial charge in [0.25, 0.3) is 0 Å². The Hall–Kier alpha value is -0.530. The summed E-state index contributed by atoms with van der Waals surface area (Å²) in [6.07, 6.45) is 0.763. The topological polar surface area (TPSA) is 37.3 Å². The number of carbonyl (C=O) groups is 1. The van der Waals surface area contributed by atoms with E-state index in [0.717, 1.165) is 6.42 Å². The Morgan fingerprint density at radius 2 is 1.75 bits per heavy atom. The van der Waals surface area contributed by atoms with Crippen LogP contribution in [0.2, 0.25) is 0 Å². The first-order valence-electron chi connectivity index (χ1n) is 4.48. The second-order valence-electron chi connectivity index (χ2n) is 4.74. The van der Waals surface area contributed by atoms with E-state index in [2.05, 4.69) is 27.7 Å². The van der Waals surface area contributed by atoms with Crippen molar-refractivity contribution in [2.45, 2.75) is 41.0 Å². The Bertz CT molecular complexity index is 156. The first-order chi connectivity index (χ1) is 5.25. The van der Waals surface area contributed by atoms with Gasteiger partial charge in [0.1, 0.15) is 0 Å². The van der Waals surface area contributed by atoms with Crippen molar-refractivity contribution in [2.24, 2.45) is 17.3 Å². The third-order valence-electron chi connectivity index (χ3n) is 2.61. The first-order valence-corrected chi connectivity index (χ1v) is 4.48. The minimum absolute atomic E-state index is 0.212. The van der Waals surface area contributed by atoms with Gasteiger partial charge in [0.2, 0.25) is 0 Å². The minimum atomic E-state index is -0.689. The summed E-state index contributed by atoms with van der Waals surface area (Å²) in [5.74, 6) is -0.464. The number of aliphatic carboxylic acids is 1. The Labute approximate surface area is 75.0 Å². The molecule has 72 valence electrons. The zero-order chi connectivity index (χ0) is 9.94. The lowest BCUT2D eigenvalue weighted by Gasteiger charge is -2.28. The van der Waals surface area contributed by atoms with Crippen LogP contribution in [-0.4, -0.2) is 11.1 Å². The zero-order valence-electron chi connectivity index (χ0n) is 8.72. The molecule has 0 aliphatic heterocycles. The fraction of sp³-hybridized carbons (Fsp3) is 0.900. The number of hydrogen-bond donors (Lipinski definition) is 1. The van der Waals surface area contributed by atoms with Gasteiger partial charge in [-0.25, -0.2) is 0 Å². The van der Waals surface area contributed by atoms with Crippen molar-refractivity contribution in [3.63, 3.8) is 0 Å². The van der Waals surface area contributed by atoms with Crippen molar-refractivity contribution >= 4 is 5.97 Å². The van der Waals surface area contributed by atoms with Gasteiger partial charge < -0.3 is 5.11 Å². The maximum absolute atomic E-state index is 10.6. The van der Waals surface area contributed by atoms with Crippen LogP contribution in [-0.2, 0) is 4.79 Å². The van der Waals surface area contributed by atoms with E-state index in [1.807, 2.05) is 0 Å². The van der Waals surface area contributed by atoms with E-state index < -0.39 is 5.97 Å². The Kier molecular flexibility index (Phi) is 3.75. The van der Waals surface area contributed by atoms with Gasteiger partial charge in [-0.3, -0.25) is 4.79 Å². The summed E-state index contributed by atoms with van der Waals surface area (Å²) in [6, 6.07) is 0. The molecule has 0 aromatic rings. The SMILES string of the molecule is C[C@H](C[C@H](C)C(=O)O)C(C)(C)C. The number of carboxylic acid groups (broad SMARTS) is 1. The van der Waals surface area contributed by atoms with Crippen molar-refractivity contribution in [1.29, 1.82) is 0 Å². The van der Waals surface area contributed by atoms with Gasteiger partial charge in [-0.05, 0) is 17.8 Å². The third kappa shape index (κ3) is 3.74. The maximum atomic E-state index is 10.6. The maximum Gasteiger partial charge on any atom is 0.306 e. The predicted molar refractivity (Wildman–Crippen MR) is 50.0 cm³/mol. The second kappa shape index (κ2) is 3.92. The molecule has 2 atom stereocenters. The van der Waals surface area contributed by atoms with Crippen LogP contribution >= 0.6 is 0 Å². The predicted octanol–water partition coefficient (Wildman–Crippen LogP) is 2.78. The van der Waals surface area contributed by atoms with Crippen molar-refractivity contribution in [2.75, 3.05) is 0 Å². The quantitative estimate of drug-likeness (QED) is 0.710. The van der Waals surface area contributed by atoms with E-state index in [0.29, 0.717) is 5.92 Å². The van der Waals surface area contributed by atoms with Gasteiger partial charge in [-0.1, -0.05) is 34.6 Å². The molecular formula is C10H20O2. The van der Waals surface area contributed by atoms with Crippen LogP contribution in [0.5, 0.6) is 0 Å². The van der Waals surface area contributed by atoms with E-state index in [-0.39, 0.29) is 11.3 Å². The standard InChI is InChI=1S/C10H20O2/c1-7(9(11)12)6-8(2)10(3,4)5/h7-8H,6H2,1-5H3,(H,11,12)/t7-,8+/m0/s1. The fourth-order valence-corrected chi connectivity index (χ4v) is 0.985. The molecule has 0 aromatic carbocycles. The van der Waals surface area contributed by atoms with E-state index in [1.165, 1.54) is 0 Å². The Balaban J connectivity index is 4.01. The van der Waals surface area contributed by atoms with Gasteiger partial charge in [-0.15, -0.1) is 0 Å². The van der Waals surface area contributed by atoms with Gasteiger partial charge in [0.15, 0.2) is 0 Å². The molecule has 0 saturated carbocycles. The summed E-state index contributed by atoms with van der Waals surface area (Å²) in [5, 5.41) is 8.70. The fourth-order valence-electron chi connectivity index (χ4n) is 0.985. The average Bonchev–Trinajstić information content (AvgIpc) is 1.85. The molecule has 0 heterocycles. The van der Waals surface area contributed by atoms with E-state index in [1.54, 1.807) is 6.92 Å². The Morgan fingerprint density at radius 1 is 1.33 bits per heavy atom.